The topological polar surface area (TPSA) is 49.4 Å². The van der Waals surface area contributed by atoms with Crippen molar-refractivity contribution in [3.05, 3.63) is 24.3 Å². The van der Waals surface area contributed by atoms with Crippen LogP contribution in [0.25, 0.3) is 0 Å². The largest absolute Gasteiger partial charge is 0.324 e. The fraction of sp³-hybridized carbons (Fsp3) is 0.333. The highest BCUT2D eigenvalue weighted by molar-refractivity contribution is 9.09. The van der Waals surface area contributed by atoms with Crippen molar-refractivity contribution in [1.29, 1.82) is 0 Å². The van der Waals surface area contributed by atoms with Gasteiger partial charge in [0.2, 0.25) is 11.8 Å². The molecule has 1 aliphatic heterocycles. The Labute approximate surface area is 108 Å². The summed E-state index contributed by atoms with van der Waals surface area (Å²) in [7, 11) is 0. The highest BCUT2D eigenvalue weighted by atomic mass is 79.9. The second-order valence-electron chi connectivity index (χ2n) is 4.02. The van der Waals surface area contributed by atoms with Crippen molar-refractivity contribution in [1.82, 2.24) is 0 Å². The van der Waals surface area contributed by atoms with Crippen LogP contribution in [0.1, 0.15) is 13.3 Å². The molecule has 1 aliphatic rings. The SMILES string of the molecule is CC1CC(=O)Nc2ccccc2N1C(=O)CBr. The van der Waals surface area contributed by atoms with Gasteiger partial charge in [-0.3, -0.25) is 9.59 Å². The minimum absolute atomic E-state index is 0.0403. The van der Waals surface area contributed by atoms with Crippen LogP contribution < -0.4 is 10.2 Å². The molecule has 2 amide bonds. The molecule has 17 heavy (non-hydrogen) atoms. The first-order chi connectivity index (χ1) is 8.13. The van der Waals surface area contributed by atoms with Crippen LogP contribution in [0.4, 0.5) is 11.4 Å². The molecule has 0 bridgehead atoms. The number of carbonyl (C=O) groups excluding carboxylic acids is 2. The van der Waals surface area contributed by atoms with E-state index in [0.717, 1.165) is 5.69 Å². The van der Waals surface area contributed by atoms with Gasteiger partial charge in [-0.1, -0.05) is 28.1 Å². The van der Waals surface area contributed by atoms with Crippen LogP contribution in [0.3, 0.4) is 0 Å². The number of anilines is 2. The number of amides is 2. The van der Waals surface area contributed by atoms with Gasteiger partial charge in [-0.25, -0.2) is 0 Å². The van der Waals surface area contributed by atoms with Crippen molar-refractivity contribution < 1.29 is 9.59 Å². The lowest BCUT2D eigenvalue weighted by molar-refractivity contribution is -0.117. The van der Waals surface area contributed by atoms with Gasteiger partial charge in [0.05, 0.1) is 16.7 Å². The maximum absolute atomic E-state index is 11.9. The van der Waals surface area contributed by atoms with Crippen molar-refractivity contribution in [3.8, 4) is 0 Å². The first-order valence-corrected chi connectivity index (χ1v) is 6.52. The summed E-state index contributed by atoms with van der Waals surface area (Å²) in [5.41, 5.74) is 1.45. The van der Waals surface area contributed by atoms with Gasteiger partial charge in [0.25, 0.3) is 0 Å². The number of hydrogen-bond acceptors (Lipinski definition) is 2. The Morgan fingerprint density at radius 3 is 2.94 bits per heavy atom. The van der Waals surface area contributed by atoms with Crippen LogP contribution in [-0.2, 0) is 9.59 Å². The average Bonchev–Trinajstić information content (AvgIpc) is 2.42. The van der Waals surface area contributed by atoms with Crippen LogP contribution >= 0.6 is 15.9 Å². The first-order valence-electron chi connectivity index (χ1n) is 5.40. The average molecular weight is 297 g/mol. The molecule has 0 spiro atoms. The number of fused-ring (bicyclic) bond motifs is 1. The lowest BCUT2D eigenvalue weighted by atomic mass is 10.2. The summed E-state index contributed by atoms with van der Waals surface area (Å²) < 4.78 is 0. The summed E-state index contributed by atoms with van der Waals surface area (Å²) in [4.78, 5) is 25.3. The number of carbonyl (C=O) groups is 2. The maximum atomic E-state index is 11.9. The van der Waals surface area contributed by atoms with Crippen molar-refractivity contribution in [2.45, 2.75) is 19.4 Å². The highest BCUT2D eigenvalue weighted by Gasteiger charge is 2.28. The zero-order valence-electron chi connectivity index (χ0n) is 9.44. The summed E-state index contributed by atoms with van der Waals surface area (Å²) in [6, 6.07) is 7.21. The van der Waals surface area contributed by atoms with Gasteiger partial charge < -0.3 is 10.2 Å². The zero-order valence-corrected chi connectivity index (χ0v) is 11.0. The Balaban J connectivity index is 2.49. The summed E-state index contributed by atoms with van der Waals surface area (Å²) in [6.07, 6.45) is 0.313. The number of nitrogens with zero attached hydrogens (tertiary/aromatic N) is 1. The third-order valence-corrected chi connectivity index (χ3v) is 3.22. The van der Waals surface area contributed by atoms with Crippen molar-refractivity contribution in [2.24, 2.45) is 0 Å². The van der Waals surface area contributed by atoms with Crippen LogP contribution in [0, 0.1) is 0 Å². The lowest BCUT2D eigenvalue weighted by Gasteiger charge is -2.27. The Morgan fingerprint density at radius 2 is 2.24 bits per heavy atom. The van der Waals surface area contributed by atoms with Gasteiger partial charge >= 0.3 is 0 Å². The number of benzene rings is 1. The Hall–Kier alpha value is -1.36. The number of rotatable bonds is 1. The fourth-order valence-electron chi connectivity index (χ4n) is 2.03. The predicted molar refractivity (Wildman–Crippen MR) is 70.4 cm³/mol. The van der Waals surface area contributed by atoms with E-state index in [1.807, 2.05) is 25.1 Å². The molecule has 90 valence electrons. The van der Waals surface area contributed by atoms with Crippen LogP contribution in [0.5, 0.6) is 0 Å². The molecule has 0 radical (unpaired) electrons. The second-order valence-corrected chi connectivity index (χ2v) is 4.58. The maximum Gasteiger partial charge on any atom is 0.237 e. The van der Waals surface area contributed by atoms with E-state index in [1.54, 1.807) is 11.0 Å². The summed E-state index contributed by atoms with van der Waals surface area (Å²) in [5, 5.41) is 3.06. The van der Waals surface area contributed by atoms with E-state index < -0.39 is 0 Å². The van der Waals surface area contributed by atoms with E-state index in [4.69, 9.17) is 0 Å². The summed E-state index contributed by atoms with van der Waals surface area (Å²) in [5.74, 6) is -0.101. The van der Waals surface area contributed by atoms with E-state index >= 15 is 0 Å². The second kappa shape index (κ2) is 4.87. The highest BCUT2D eigenvalue weighted by Crippen LogP contribution is 2.31. The fourth-order valence-corrected chi connectivity index (χ4v) is 2.30. The van der Waals surface area contributed by atoms with Crippen molar-refractivity contribution in [2.75, 3.05) is 15.5 Å². The van der Waals surface area contributed by atoms with E-state index in [1.165, 1.54) is 0 Å². The predicted octanol–water partition coefficient (Wildman–Crippen LogP) is 2.15. The van der Waals surface area contributed by atoms with Gasteiger partial charge in [-0.05, 0) is 19.1 Å². The molecule has 0 fully saturated rings. The van der Waals surface area contributed by atoms with Gasteiger partial charge in [-0.2, -0.15) is 0 Å². The molecule has 1 N–H and O–H groups in total. The van der Waals surface area contributed by atoms with Crippen molar-refractivity contribution in [3.63, 3.8) is 0 Å². The molecule has 0 saturated carbocycles. The molecular weight excluding hydrogens is 284 g/mol. The van der Waals surface area contributed by atoms with Crippen LogP contribution in [0.2, 0.25) is 0 Å². The van der Waals surface area contributed by atoms with Crippen molar-refractivity contribution >= 4 is 39.1 Å². The number of hydrogen-bond donors (Lipinski definition) is 1. The normalized spacial score (nSPS) is 19.3. The van der Waals surface area contributed by atoms with E-state index in [0.29, 0.717) is 12.1 Å². The number of nitrogens with one attached hydrogen (secondary N) is 1. The minimum Gasteiger partial charge on any atom is -0.324 e. The minimum atomic E-state index is -0.135. The number of halogens is 1. The summed E-state index contributed by atoms with van der Waals surface area (Å²) in [6.45, 7) is 1.88. The van der Waals surface area contributed by atoms with Gasteiger partial charge in [-0.15, -0.1) is 0 Å². The van der Waals surface area contributed by atoms with Gasteiger partial charge in [0.1, 0.15) is 0 Å². The molecule has 0 aliphatic carbocycles. The van der Waals surface area contributed by atoms with E-state index in [-0.39, 0.29) is 23.2 Å². The van der Waals surface area contributed by atoms with E-state index in [2.05, 4.69) is 21.2 Å². The molecule has 1 aromatic rings. The Morgan fingerprint density at radius 1 is 1.53 bits per heavy atom. The molecule has 4 nitrogen and oxygen atoms in total. The number of alkyl halides is 1. The lowest BCUT2D eigenvalue weighted by Crippen LogP contribution is -2.39. The molecule has 5 heteroatoms. The van der Waals surface area contributed by atoms with Gasteiger partial charge in [0.15, 0.2) is 0 Å². The monoisotopic (exact) mass is 296 g/mol. The smallest absolute Gasteiger partial charge is 0.237 e. The molecule has 1 atom stereocenters. The van der Waals surface area contributed by atoms with E-state index in [9.17, 15) is 9.59 Å². The Bertz CT molecular complexity index is 462. The molecular formula is C12H13BrN2O2. The Kier molecular flexibility index (Phi) is 3.47. The first kappa shape index (κ1) is 12.1. The van der Waals surface area contributed by atoms with Crippen LogP contribution in [-0.4, -0.2) is 23.2 Å². The summed E-state index contributed by atoms with van der Waals surface area (Å²) >= 11 is 3.17. The number of para-hydroxylation sites is 2. The standard InChI is InChI=1S/C12H13BrN2O2/c1-8-6-11(16)14-9-4-2-3-5-10(9)15(8)12(17)7-13/h2-5,8H,6-7H2,1H3,(H,14,16). The van der Waals surface area contributed by atoms with Crippen LogP contribution in [0.15, 0.2) is 24.3 Å². The molecule has 1 unspecified atom stereocenters. The third kappa shape index (κ3) is 2.34. The van der Waals surface area contributed by atoms with Gasteiger partial charge in [0, 0.05) is 12.5 Å². The quantitative estimate of drug-likeness (QED) is 0.807. The molecule has 1 heterocycles. The third-order valence-electron chi connectivity index (χ3n) is 2.74. The molecule has 1 aromatic carbocycles. The molecule has 0 aromatic heterocycles. The molecule has 2 rings (SSSR count). The molecule has 0 saturated heterocycles. The zero-order chi connectivity index (χ0) is 12.4.